The number of pyridine rings is 1. The number of fused-ring (bicyclic) bond motifs is 1. The number of hydrogen-bond donors (Lipinski definition) is 1. The van der Waals surface area contributed by atoms with Crippen LogP contribution < -0.4 is 10.1 Å². The van der Waals surface area contributed by atoms with E-state index in [4.69, 9.17) is 4.74 Å². The molecule has 4 rings (SSSR count). The Morgan fingerprint density at radius 2 is 1.81 bits per heavy atom. The first-order valence-electron chi connectivity index (χ1n) is 8.47. The highest BCUT2D eigenvalue weighted by molar-refractivity contribution is 9.10. The number of rotatable bonds is 4. The van der Waals surface area contributed by atoms with Crippen LogP contribution in [0.25, 0.3) is 10.9 Å². The van der Waals surface area contributed by atoms with E-state index in [1.54, 1.807) is 12.5 Å². The van der Waals surface area contributed by atoms with Crippen LogP contribution >= 0.6 is 15.9 Å². The average Bonchev–Trinajstić information content (AvgIpc) is 2.66. The van der Waals surface area contributed by atoms with Gasteiger partial charge in [0.15, 0.2) is 0 Å². The maximum Gasteiger partial charge on any atom is 0.145 e. The predicted octanol–water partition coefficient (Wildman–Crippen LogP) is 5.94. The molecule has 2 aromatic heterocycles. The highest BCUT2D eigenvalue weighted by Gasteiger charge is 2.07. The summed E-state index contributed by atoms with van der Waals surface area (Å²) in [6.45, 7) is 3.96. The van der Waals surface area contributed by atoms with Gasteiger partial charge in [-0.25, -0.2) is 9.97 Å². The number of halogens is 1. The number of hydrogen-bond acceptors (Lipinski definition) is 5. The Balaban J connectivity index is 1.60. The van der Waals surface area contributed by atoms with Gasteiger partial charge in [-0.1, -0.05) is 15.9 Å². The summed E-state index contributed by atoms with van der Waals surface area (Å²) in [7, 11) is 0. The molecule has 0 radical (unpaired) electrons. The highest BCUT2D eigenvalue weighted by atomic mass is 79.9. The molecule has 0 aliphatic heterocycles. The number of anilines is 2. The van der Waals surface area contributed by atoms with E-state index in [0.29, 0.717) is 0 Å². The highest BCUT2D eigenvalue weighted by Crippen LogP contribution is 2.30. The lowest BCUT2D eigenvalue weighted by Crippen LogP contribution is -1.97. The monoisotopic (exact) mass is 420 g/mol. The van der Waals surface area contributed by atoms with Gasteiger partial charge in [-0.15, -0.1) is 0 Å². The van der Waals surface area contributed by atoms with Crippen molar-refractivity contribution in [2.45, 2.75) is 13.8 Å². The van der Waals surface area contributed by atoms with Crippen molar-refractivity contribution in [2.24, 2.45) is 0 Å². The molecule has 1 N–H and O–H groups in total. The van der Waals surface area contributed by atoms with E-state index in [0.717, 1.165) is 49.6 Å². The fourth-order valence-electron chi connectivity index (χ4n) is 2.75. The lowest BCUT2D eigenvalue weighted by molar-refractivity contribution is 0.476. The molecule has 0 aliphatic rings. The van der Waals surface area contributed by atoms with E-state index in [1.807, 2.05) is 62.4 Å². The Bertz CT molecular complexity index is 1110. The van der Waals surface area contributed by atoms with Crippen molar-refractivity contribution in [1.29, 1.82) is 0 Å². The first kappa shape index (κ1) is 17.4. The predicted molar refractivity (Wildman–Crippen MR) is 111 cm³/mol. The molecule has 0 aliphatic carbocycles. The lowest BCUT2D eigenvalue weighted by atomic mass is 10.2. The van der Waals surface area contributed by atoms with Gasteiger partial charge in [-0.3, -0.25) is 4.98 Å². The second-order valence-electron chi connectivity index (χ2n) is 6.23. The molecule has 6 heteroatoms. The third kappa shape index (κ3) is 3.90. The van der Waals surface area contributed by atoms with Crippen molar-refractivity contribution in [3.05, 3.63) is 76.8 Å². The Labute approximate surface area is 165 Å². The molecule has 0 saturated heterocycles. The van der Waals surface area contributed by atoms with E-state index in [9.17, 15) is 0 Å². The zero-order chi connectivity index (χ0) is 18.8. The number of nitrogens with zero attached hydrogens (tertiary/aromatic N) is 3. The number of nitrogens with one attached hydrogen (secondary N) is 1. The fourth-order valence-corrected chi connectivity index (χ4v) is 3.11. The maximum absolute atomic E-state index is 5.93. The quantitative estimate of drug-likeness (QED) is 0.442. The Hall–Kier alpha value is -2.99. The number of aryl methyl sites for hydroxylation is 2. The summed E-state index contributed by atoms with van der Waals surface area (Å²) in [4.78, 5) is 13.0. The van der Waals surface area contributed by atoms with E-state index >= 15 is 0 Å². The van der Waals surface area contributed by atoms with Crippen LogP contribution in [0.2, 0.25) is 0 Å². The minimum Gasteiger partial charge on any atom is -0.455 e. The number of ether oxygens (including phenoxy) is 1. The fraction of sp³-hybridized carbons (Fsp3) is 0.0952. The van der Waals surface area contributed by atoms with Crippen LogP contribution in [0.1, 0.15) is 11.3 Å². The summed E-state index contributed by atoms with van der Waals surface area (Å²) in [5.41, 5.74) is 3.79. The molecule has 0 unspecified atom stereocenters. The van der Waals surface area contributed by atoms with Crippen LogP contribution in [0.15, 0.2) is 65.5 Å². The first-order valence-corrected chi connectivity index (χ1v) is 9.26. The summed E-state index contributed by atoms with van der Waals surface area (Å²) < 4.78 is 6.92. The van der Waals surface area contributed by atoms with Crippen LogP contribution in [0.4, 0.5) is 11.5 Å². The molecule has 4 aromatic rings. The van der Waals surface area contributed by atoms with E-state index in [2.05, 4.69) is 36.2 Å². The van der Waals surface area contributed by atoms with Gasteiger partial charge in [-0.2, -0.15) is 0 Å². The maximum atomic E-state index is 5.93. The van der Waals surface area contributed by atoms with Crippen LogP contribution in [0.5, 0.6) is 11.5 Å². The second kappa shape index (κ2) is 7.32. The normalized spacial score (nSPS) is 10.8. The van der Waals surface area contributed by atoms with E-state index in [-0.39, 0.29) is 0 Å². The summed E-state index contributed by atoms with van der Waals surface area (Å²) in [5.74, 6) is 2.27. The Morgan fingerprint density at radius 1 is 0.926 bits per heavy atom. The molecular weight excluding hydrogens is 404 g/mol. The SMILES string of the molecule is Cc1ccc(Oc2ccc(Nc3ncnc4ccc(Br)cc34)cc2C)cn1. The third-order valence-corrected chi connectivity index (χ3v) is 4.64. The molecule has 134 valence electrons. The molecule has 0 amide bonds. The lowest BCUT2D eigenvalue weighted by Gasteiger charge is -2.12. The summed E-state index contributed by atoms with van der Waals surface area (Å²) in [5, 5.41) is 4.33. The molecule has 5 nitrogen and oxygen atoms in total. The van der Waals surface area contributed by atoms with Crippen molar-refractivity contribution >= 4 is 38.3 Å². The van der Waals surface area contributed by atoms with Gasteiger partial charge in [0.1, 0.15) is 23.6 Å². The van der Waals surface area contributed by atoms with Crippen molar-refractivity contribution in [2.75, 3.05) is 5.32 Å². The largest absolute Gasteiger partial charge is 0.455 e. The van der Waals surface area contributed by atoms with Gasteiger partial charge in [0.25, 0.3) is 0 Å². The van der Waals surface area contributed by atoms with Crippen LogP contribution in [-0.2, 0) is 0 Å². The van der Waals surface area contributed by atoms with Gasteiger partial charge in [0.05, 0.1) is 11.7 Å². The van der Waals surface area contributed by atoms with Gasteiger partial charge < -0.3 is 10.1 Å². The molecule has 0 atom stereocenters. The van der Waals surface area contributed by atoms with Gasteiger partial charge >= 0.3 is 0 Å². The topological polar surface area (TPSA) is 59.9 Å². The molecule has 27 heavy (non-hydrogen) atoms. The average molecular weight is 421 g/mol. The van der Waals surface area contributed by atoms with Crippen LogP contribution in [0, 0.1) is 13.8 Å². The Kier molecular flexibility index (Phi) is 4.73. The molecule has 0 bridgehead atoms. The van der Waals surface area contributed by atoms with E-state index < -0.39 is 0 Å². The number of benzene rings is 2. The molecular formula is C21H17BrN4O. The first-order chi connectivity index (χ1) is 13.1. The number of aromatic nitrogens is 3. The van der Waals surface area contributed by atoms with Crippen LogP contribution in [-0.4, -0.2) is 15.0 Å². The smallest absolute Gasteiger partial charge is 0.145 e. The standard InChI is InChI=1S/C21H17BrN4O/c1-13-9-16(5-8-20(13)27-17-6-3-14(2)23-11-17)26-21-18-10-15(22)4-7-19(18)24-12-25-21/h3-12H,1-2H3,(H,24,25,26). The summed E-state index contributed by atoms with van der Waals surface area (Å²) in [6.07, 6.45) is 3.29. The minimum absolute atomic E-state index is 0.719. The molecule has 0 fully saturated rings. The summed E-state index contributed by atoms with van der Waals surface area (Å²) in [6, 6.07) is 15.7. The molecule has 0 saturated carbocycles. The second-order valence-corrected chi connectivity index (χ2v) is 7.14. The Morgan fingerprint density at radius 3 is 2.59 bits per heavy atom. The van der Waals surface area contributed by atoms with Crippen molar-refractivity contribution in [3.8, 4) is 11.5 Å². The van der Waals surface area contributed by atoms with Gasteiger partial charge in [0.2, 0.25) is 0 Å². The zero-order valence-corrected chi connectivity index (χ0v) is 16.5. The van der Waals surface area contributed by atoms with Crippen molar-refractivity contribution < 1.29 is 4.74 Å². The molecule has 2 heterocycles. The van der Waals surface area contributed by atoms with Gasteiger partial charge in [-0.05, 0) is 67.9 Å². The zero-order valence-electron chi connectivity index (χ0n) is 14.9. The molecule has 2 aromatic carbocycles. The van der Waals surface area contributed by atoms with Crippen molar-refractivity contribution in [3.63, 3.8) is 0 Å². The van der Waals surface area contributed by atoms with Crippen LogP contribution in [0.3, 0.4) is 0 Å². The summed E-state index contributed by atoms with van der Waals surface area (Å²) >= 11 is 3.50. The van der Waals surface area contributed by atoms with E-state index in [1.165, 1.54) is 0 Å². The van der Waals surface area contributed by atoms with Crippen molar-refractivity contribution in [1.82, 2.24) is 15.0 Å². The van der Waals surface area contributed by atoms with Gasteiger partial charge in [0, 0.05) is 21.2 Å². The molecule has 0 spiro atoms. The third-order valence-electron chi connectivity index (χ3n) is 4.15. The minimum atomic E-state index is 0.719.